The zero-order valence-electron chi connectivity index (χ0n) is 14.8. The number of amides is 2. The number of ether oxygens (including phenoxy) is 1. The molecule has 0 atom stereocenters. The number of nitrogens with zero attached hydrogens (tertiary/aromatic N) is 1. The summed E-state index contributed by atoms with van der Waals surface area (Å²) in [7, 11) is 0. The molecule has 23 heavy (non-hydrogen) atoms. The lowest BCUT2D eigenvalue weighted by atomic mass is 10.2. The van der Waals surface area contributed by atoms with E-state index in [2.05, 4.69) is 5.32 Å². The van der Waals surface area contributed by atoms with Gasteiger partial charge in [0.2, 0.25) is 11.8 Å². The number of carbonyl (C=O) groups is 2. The fourth-order valence-electron chi connectivity index (χ4n) is 2.06. The maximum atomic E-state index is 11.8. The third kappa shape index (κ3) is 7.17. The molecule has 0 fully saturated rings. The lowest BCUT2D eigenvalue weighted by molar-refractivity contribution is -0.121. The smallest absolute Gasteiger partial charge is 0.223 e. The molecule has 0 heterocycles. The molecule has 1 N–H and O–H groups in total. The summed E-state index contributed by atoms with van der Waals surface area (Å²) >= 11 is 0. The third-order valence-electron chi connectivity index (χ3n) is 3.17. The zero-order chi connectivity index (χ0) is 17.4. The molecular formula is C18H28N2O3. The molecule has 1 rings (SSSR count). The first-order chi connectivity index (χ1) is 10.8. The van der Waals surface area contributed by atoms with E-state index < -0.39 is 0 Å². The predicted octanol–water partition coefficient (Wildman–Crippen LogP) is 2.99. The summed E-state index contributed by atoms with van der Waals surface area (Å²) in [5.41, 5.74) is 0.769. The second kappa shape index (κ2) is 9.18. The van der Waals surface area contributed by atoms with E-state index in [4.69, 9.17) is 4.74 Å². The minimum Gasteiger partial charge on any atom is -0.491 e. The molecular weight excluding hydrogens is 292 g/mol. The SMILES string of the molecule is CC(=O)N(CCC(=O)NCC(C)C)c1ccc(OC(C)C)cc1. The summed E-state index contributed by atoms with van der Waals surface area (Å²) in [5.74, 6) is 1.06. The fourth-order valence-corrected chi connectivity index (χ4v) is 2.06. The Labute approximate surface area is 139 Å². The van der Waals surface area contributed by atoms with Crippen molar-refractivity contribution >= 4 is 17.5 Å². The van der Waals surface area contributed by atoms with Gasteiger partial charge in [-0.1, -0.05) is 13.8 Å². The molecule has 5 nitrogen and oxygen atoms in total. The van der Waals surface area contributed by atoms with Crippen LogP contribution < -0.4 is 15.0 Å². The second-order valence-electron chi connectivity index (χ2n) is 6.28. The van der Waals surface area contributed by atoms with E-state index in [1.54, 1.807) is 4.90 Å². The molecule has 0 aliphatic heterocycles. The van der Waals surface area contributed by atoms with Gasteiger partial charge in [0.25, 0.3) is 0 Å². The van der Waals surface area contributed by atoms with E-state index in [1.165, 1.54) is 6.92 Å². The highest BCUT2D eigenvalue weighted by Gasteiger charge is 2.14. The Morgan fingerprint density at radius 1 is 1.13 bits per heavy atom. The van der Waals surface area contributed by atoms with Gasteiger partial charge in [-0.2, -0.15) is 0 Å². The third-order valence-corrected chi connectivity index (χ3v) is 3.17. The molecule has 0 unspecified atom stereocenters. The number of benzene rings is 1. The van der Waals surface area contributed by atoms with Gasteiger partial charge in [0, 0.05) is 32.1 Å². The van der Waals surface area contributed by atoms with Crippen LogP contribution in [0.15, 0.2) is 24.3 Å². The Kier molecular flexibility index (Phi) is 7.59. The average molecular weight is 320 g/mol. The first-order valence-corrected chi connectivity index (χ1v) is 8.11. The molecule has 0 spiro atoms. The molecule has 0 aromatic heterocycles. The topological polar surface area (TPSA) is 58.6 Å². The van der Waals surface area contributed by atoms with E-state index in [1.807, 2.05) is 52.0 Å². The fraction of sp³-hybridized carbons (Fsp3) is 0.556. The van der Waals surface area contributed by atoms with E-state index in [9.17, 15) is 9.59 Å². The Morgan fingerprint density at radius 3 is 2.22 bits per heavy atom. The van der Waals surface area contributed by atoms with Gasteiger partial charge in [-0.05, 0) is 44.0 Å². The van der Waals surface area contributed by atoms with Gasteiger partial charge < -0.3 is 15.0 Å². The number of rotatable bonds is 8. The second-order valence-corrected chi connectivity index (χ2v) is 6.28. The summed E-state index contributed by atoms with van der Waals surface area (Å²) in [6, 6.07) is 7.35. The van der Waals surface area contributed by atoms with Gasteiger partial charge in [0.15, 0.2) is 0 Å². The number of anilines is 1. The van der Waals surface area contributed by atoms with Crippen molar-refractivity contribution in [2.75, 3.05) is 18.0 Å². The summed E-state index contributed by atoms with van der Waals surface area (Å²) in [5, 5.41) is 2.86. The van der Waals surface area contributed by atoms with Crippen molar-refractivity contribution in [3.05, 3.63) is 24.3 Å². The van der Waals surface area contributed by atoms with E-state index in [-0.39, 0.29) is 24.3 Å². The molecule has 2 amide bonds. The van der Waals surface area contributed by atoms with Gasteiger partial charge in [0.1, 0.15) is 5.75 Å². The summed E-state index contributed by atoms with van der Waals surface area (Å²) in [6.07, 6.45) is 0.394. The molecule has 1 aromatic carbocycles. The van der Waals surface area contributed by atoms with Crippen LogP contribution in [0.3, 0.4) is 0 Å². The largest absolute Gasteiger partial charge is 0.491 e. The van der Waals surface area contributed by atoms with Crippen LogP contribution in [0.5, 0.6) is 5.75 Å². The first-order valence-electron chi connectivity index (χ1n) is 8.11. The van der Waals surface area contributed by atoms with Crippen LogP contribution in [-0.4, -0.2) is 31.0 Å². The Bertz CT molecular complexity index is 510. The lowest BCUT2D eigenvalue weighted by Gasteiger charge is -2.21. The zero-order valence-corrected chi connectivity index (χ0v) is 14.8. The van der Waals surface area contributed by atoms with Crippen molar-refractivity contribution in [1.29, 1.82) is 0 Å². The first kappa shape index (κ1) is 19.0. The number of nitrogens with one attached hydrogen (secondary N) is 1. The van der Waals surface area contributed by atoms with Gasteiger partial charge in [-0.25, -0.2) is 0 Å². The normalized spacial score (nSPS) is 10.7. The minimum atomic E-state index is -0.0841. The molecule has 0 aliphatic rings. The highest BCUT2D eigenvalue weighted by molar-refractivity contribution is 5.92. The van der Waals surface area contributed by atoms with Crippen molar-refractivity contribution in [2.45, 2.75) is 47.1 Å². The summed E-state index contributed by atoms with van der Waals surface area (Å²) in [6.45, 7) is 10.5. The molecule has 0 saturated heterocycles. The van der Waals surface area contributed by atoms with Gasteiger partial charge in [-0.15, -0.1) is 0 Å². The molecule has 0 saturated carbocycles. The quantitative estimate of drug-likeness (QED) is 0.801. The molecule has 0 radical (unpaired) electrons. The Balaban J connectivity index is 2.64. The predicted molar refractivity (Wildman–Crippen MR) is 92.7 cm³/mol. The van der Waals surface area contributed by atoms with Crippen LogP contribution >= 0.6 is 0 Å². The van der Waals surface area contributed by atoms with Crippen molar-refractivity contribution in [1.82, 2.24) is 5.32 Å². The van der Waals surface area contributed by atoms with Crippen molar-refractivity contribution in [3.8, 4) is 5.75 Å². The van der Waals surface area contributed by atoms with E-state index >= 15 is 0 Å². The maximum Gasteiger partial charge on any atom is 0.223 e. The van der Waals surface area contributed by atoms with Crippen molar-refractivity contribution in [3.63, 3.8) is 0 Å². The molecule has 0 aliphatic carbocycles. The van der Waals surface area contributed by atoms with Gasteiger partial charge >= 0.3 is 0 Å². The highest BCUT2D eigenvalue weighted by Crippen LogP contribution is 2.20. The Hall–Kier alpha value is -2.04. The molecule has 128 valence electrons. The highest BCUT2D eigenvalue weighted by atomic mass is 16.5. The van der Waals surface area contributed by atoms with Crippen molar-refractivity contribution in [2.24, 2.45) is 5.92 Å². The lowest BCUT2D eigenvalue weighted by Crippen LogP contribution is -2.34. The monoisotopic (exact) mass is 320 g/mol. The number of carbonyl (C=O) groups excluding carboxylic acids is 2. The number of hydrogen-bond acceptors (Lipinski definition) is 3. The molecule has 1 aromatic rings. The standard InChI is InChI=1S/C18H28N2O3/c1-13(2)12-19-18(22)10-11-20(15(5)21)16-6-8-17(9-7-16)23-14(3)4/h6-9,13-14H,10-12H2,1-5H3,(H,19,22). The van der Waals surface area contributed by atoms with Crippen LogP contribution in [0, 0.1) is 5.92 Å². The average Bonchev–Trinajstić information content (AvgIpc) is 2.46. The maximum absolute atomic E-state index is 11.8. The van der Waals surface area contributed by atoms with Gasteiger partial charge in [0.05, 0.1) is 6.10 Å². The van der Waals surface area contributed by atoms with Crippen LogP contribution in [0.4, 0.5) is 5.69 Å². The van der Waals surface area contributed by atoms with Crippen LogP contribution in [0.1, 0.15) is 41.0 Å². The van der Waals surface area contributed by atoms with E-state index in [0.717, 1.165) is 11.4 Å². The van der Waals surface area contributed by atoms with Crippen LogP contribution in [0.2, 0.25) is 0 Å². The van der Waals surface area contributed by atoms with Crippen LogP contribution in [0.25, 0.3) is 0 Å². The van der Waals surface area contributed by atoms with E-state index in [0.29, 0.717) is 19.0 Å². The minimum absolute atomic E-state index is 0.0373. The molecule has 5 heteroatoms. The van der Waals surface area contributed by atoms with Crippen molar-refractivity contribution < 1.29 is 14.3 Å². The molecule has 0 bridgehead atoms. The number of hydrogen-bond donors (Lipinski definition) is 1. The Morgan fingerprint density at radius 2 is 1.74 bits per heavy atom. The van der Waals surface area contributed by atoms with Crippen LogP contribution in [-0.2, 0) is 9.59 Å². The summed E-state index contributed by atoms with van der Waals surface area (Å²) < 4.78 is 5.59. The van der Waals surface area contributed by atoms with Gasteiger partial charge in [-0.3, -0.25) is 9.59 Å². The summed E-state index contributed by atoms with van der Waals surface area (Å²) in [4.78, 5) is 25.3.